The van der Waals surface area contributed by atoms with E-state index in [9.17, 15) is 10.1 Å². The van der Waals surface area contributed by atoms with Crippen molar-refractivity contribution >= 4 is 17.6 Å². The molecule has 4 saturated heterocycles. The summed E-state index contributed by atoms with van der Waals surface area (Å²) in [6.07, 6.45) is 1.68. The molecule has 4 heterocycles. The molecule has 8 nitrogen and oxygen atoms in total. The molecule has 148 valence electrons. The minimum Gasteiger partial charge on any atom is -0.258 e. The molecule has 3 N–H and O–H groups in total. The molecule has 6 rings (SSSR count). The van der Waals surface area contributed by atoms with Gasteiger partial charge in [0, 0.05) is 12.1 Å². The van der Waals surface area contributed by atoms with Crippen LogP contribution in [-0.2, 0) is 0 Å². The molecule has 0 spiro atoms. The quantitative estimate of drug-likeness (QED) is 0.311. The van der Waals surface area contributed by atoms with Gasteiger partial charge in [-0.15, -0.1) is 0 Å². The number of hydrogen-bond donors (Lipinski definition) is 3. The maximum Gasteiger partial charge on any atom is 0.269 e. The molecule has 0 aliphatic carbocycles. The van der Waals surface area contributed by atoms with Gasteiger partial charge in [0.2, 0.25) is 20.0 Å². The van der Waals surface area contributed by atoms with Crippen molar-refractivity contribution in [2.45, 2.75) is 0 Å². The smallest absolute Gasteiger partial charge is 0.258 e. The average Bonchev–Trinajstić information content (AvgIpc) is 2.71. The zero-order valence-electron chi connectivity index (χ0n) is 16.2. The summed E-state index contributed by atoms with van der Waals surface area (Å²) in [4.78, 5) is 15.4. The highest BCUT2D eigenvalue weighted by molar-refractivity contribution is 6.05. The first-order valence-electron chi connectivity index (χ1n) is 10.0. The predicted molar refractivity (Wildman–Crippen MR) is 108 cm³/mol. The highest BCUT2D eigenvalue weighted by atomic mass is 16.6. The van der Waals surface area contributed by atoms with E-state index in [0.29, 0.717) is 0 Å². The topological polar surface area (TPSA) is 81.2 Å². The van der Waals surface area contributed by atoms with Gasteiger partial charge in [-0.1, -0.05) is 30.3 Å². The molecule has 8 heteroatoms. The van der Waals surface area contributed by atoms with Gasteiger partial charge in [-0.05, 0) is 23.3 Å². The average molecular weight is 393 g/mol. The van der Waals surface area contributed by atoms with Crippen LogP contribution in [0.4, 0.5) is 5.69 Å². The Morgan fingerprint density at radius 3 is 2.07 bits per heavy atom. The van der Waals surface area contributed by atoms with Crippen LogP contribution in [0.15, 0.2) is 64.8 Å². The predicted octanol–water partition coefficient (Wildman–Crippen LogP) is -2.03. The molecule has 2 aromatic carbocycles. The fourth-order valence-corrected chi connectivity index (χ4v) is 5.40. The van der Waals surface area contributed by atoms with Gasteiger partial charge in [0.25, 0.3) is 5.69 Å². The van der Waals surface area contributed by atoms with E-state index in [1.165, 1.54) is 32.1 Å². The lowest BCUT2D eigenvalue weighted by Crippen LogP contribution is -3.56. The van der Waals surface area contributed by atoms with Gasteiger partial charge in [0.05, 0.1) is 16.8 Å². The molecule has 4 fully saturated rings. The Bertz CT molecular complexity index is 935. The summed E-state index contributed by atoms with van der Waals surface area (Å²) in [5.74, 6) is 0. The Hall–Kier alpha value is -2.94. The van der Waals surface area contributed by atoms with Crippen molar-refractivity contribution in [1.82, 2.24) is 0 Å². The third-order valence-corrected chi connectivity index (χ3v) is 6.28. The summed E-state index contributed by atoms with van der Waals surface area (Å²) in [5, 5.41) is 20.0. The van der Waals surface area contributed by atoms with Gasteiger partial charge in [-0.2, -0.15) is 10.2 Å². The van der Waals surface area contributed by atoms with Crippen molar-refractivity contribution in [2.75, 3.05) is 39.6 Å². The lowest BCUT2D eigenvalue weighted by atomic mass is 9.74. The second-order valence-corrected chi connectivity index (χ2v) is 8.50. The molecule has 2 aromatic rings. The van der Waals surface area contributed by atoms with Crippen LogP contribution in [0, 0.1) is 15.5 Å². The SMILES string of the molecule is O=[N+]([O-])c1ccc(/C=N\N=C(\c2ccccc2)C23C[NH+]4C[NH+](C[NH+](C4)C2)C3)cc1. The largest absolute Gasteiger partial charge is 0.269 e. The third kappa shape index (κ3) is 3.46. The number of nitro benzene ring substituents is 1. The minimum atomic E-state index is -0.396. The molecule has 0 atom stereocenters. The van der Waals surface area contributed by atoms with E-state index >= 15 is 0 Å². The Balaban J connectivity index is 1.47. The number of quaternary nitrogens is 3. The number of nitrogens with zero attached hydrogens (tertiary/aromatic N) is 3. The Labute approximate surface area is 168 Å². The lowest BCUT2D eigenvalue weighted by Gasteiger charge is -2.52. The maximum absolute atomic E-state index is 10.8. The zero-order valence-corrected chi connectivity index (χ0v) is 16.2. The summed E-state index contributed by atoms with van der Waals surface area (Å²) < 4.78 is 0. The Morgan fingerprint density at radius 2 is 1.52 bits per heavy atom. The van der Waals surface area contributed by atoms with Gasteiger partial charge in [-0.3, -0.25) is 10.1 Å². The maximum atomic E-state index is 10.8. The van der Waals surface area contributed by atoms with E-state index in [-0.39, 0.29) is 11.1 Å². The van der Waals surface area contributed by atoms with Gasteiger partial charge in [-0.25, -0.2) is 14.7 Å². The number of hydrogen-bond acceptors (Lipinski definition) is 4. The van der Waals surface area contributed by atoms with E-state index in [4.69, 9.17) is 5.10 Å². The summed E-state index contributed by atoms with van der Waals surface area (Å²) >= 11 is 0. The first-order chi connectivity index (χ1) is 14.1. The summed E-state index contributed by atoms with van der Waals surface area (Å²) in [7, 11) is 0. The molecule has 4 bridgehead atoms. The number of rotatable bonds is 5. The highest BCUT2D eigenvalue weighted by Crippen LogP contribution is 2.23. The minimum absolute atomic E-state index is 0.0446. The first kappa shape index (κ1) is 18.1. The van der Waals surface area contributed by atoms with Crippen LogP contribution < -0.4 is 14.7 Å². The van der Waals surface area contributed by atoms with Gasteiger partial charge in [0.15, 0.2) is 5.41 Å². The first-order valence-corrected chi connectivity index (χ1v) is 10.0. The number of nitrogens with one attached hydrogen (secondary N) is 3. The number of non-ortho nitro benzene ring substituents is 1. The van der Waals surface area contributed by atoms with Crippen LogP contribution in [0.25, 0.3) is 0 Å². The van der Waals surface area contributed by atoms with E-state index in [1.807, 2.05) is 6.07 Å². The molecule has 0 amide bonds. The van der Waals surface area contributed by atoms with E-state index in [1.54, 1.807) is 33.0 Å². The molecular weight excluding hydrogens is 368 g/mol. The van der Waals surface area contributed by atoms with Crippen molar-refractivity contribution < 1.29 is 19.6 Å². The monoisotopic (exact) mass is 393 g/mol. The fraction of sp³-hybridized carbons (Fsp3) is 0.333. The highest BCUT2D eigenvalue weighted by Gasteiger charge is 2.60. The standard InChI is InChI=1S/C21H22N6O2/c28-27(29)19-8-6-17(7-9-19)10-22-23-20(18-4-2-1-3-5-18)21-11-24-14-25(12-21)16-26(13-21)15-24/h1-10H,11-16H2/p+3/b22-10-,23-20-. The van der Waals surface area contributed by atoms with Crippen LogP contribution in [0.1, 0.15) is 11.1 Å². The Morgan fingerprint density at radius 1 is 0.931 bits per heavy atom. The van der Waals surface area contributed by atoms with Crippen molar-refractivity contribution in [3.63, 3.8) is 0 Å². The van der Waals surface area contributed by atoms with Crippen molar-refractivity contribution in [2.24, 2.45) is 15.6 Å². The van der Waals surface area contributed by atoms with Gasteiger partial charge >= 0.3 is 0 Å². The van der Waals surface area contributed by atoms with E-state index in [2.05, 4.69) is 29.4 Å². The fourth-order valence-electron chi connectivity index (χ4n) is 5.40. The number of benzene rings is 2. The second-order valence-electron chi connectivity index (χ2n) is 8.50. The van der Waals surface area contributed by atoms with Crippen LogP contribution in [-0.4, -0.2) is 56.5 Å². The normalized spacial score (nSPS) is 30.8. The number of nitro groups is 1. The summed E-state index contributed by atoms with van der Waals surface area (Å²) in [6.45, 7) is 6.96. The lowest BCUT2D eigenvalue weighted by molar-refractivity contribution is -1.30. The molecular formula is C21H25N6O2+3. The molecule has 0 unspecified atom stereocenters. The Kier molecular flexibility index (Phi) is 4.46. The summed E-state index contributed by atoms with van der Waals surface area (Å²) in [5.41, 5.74) is 3.13. The van der Waals surface area contributed by atoms with Crippen molar-refractivity contribution in [1.29, 1.82) is 0 Å². The van der Waals surface area contributed by atoms with Gasteiger partial charge in [0.1, 0.15) is 19.6 Å². The van der Waals surface area contributed by atoms with Gasteiger partial charge < -0.3 is 0 Å². The molecule has 0 saturated carbocycles. The molecule has 29 heavy (non-hydrogen) atoms. The zero-order chi connectivity index (χ0) is 19.8. The molecule has 4 aliphatic heterocycles. The van der Waals surface area contributed by atoms with E-state index in [0.717, 1.165) is 36.5 Å². The molecule has 4 aliphatic rings. The van der Waals surface area contributed by atoms with Crippen LogP contribution in [0.2, 0.25) is 0 Å². The summed E-state index contributed by atoms with van der Waals surface area (Å²) in [6, 6.07) is 16.8. The molecule has 0 aromatic heterocycles. The van der Waals surface area contributed by atoms with Crippen molar-refractivity contribution in [3.05, 3.63) is 75.8 Å². The molecule has 0 radical (unpaired) electrons. The van der Waals surface area contributed by atoms with E-state index < -0.39 is 4.92 Å². The second kappa shape index (κ2) is 7.14. The van der Waals surface area contributed by atoms with Crippen LogP contribution in [0.3, 0.4) is 0 Å². The van der Waals surface area contributed by atoms with Crippen molar-refractivity contribution in [3.8, 4) is 0 Å². The third-order valence-electron chi connectivity index (χ3n) is 6.28. The van der Waals surface area contributed by atoms with Crippen LogP contribution >= 0.6 is 0 Å². The van der Waals surface area contributed by atoms with Crippen LogP contribution in [0.5, 0.6) is 0 Å².